The number of carbonyl (C=O) groups is 1. The highest BCUT2D eigenvalue weighted by Crippen LogP contribution is 2.33. The Morgan fingerprint density at radius 2 is 2.00 bits per heavy atom. The molecule has 0 spiro atoms. The fourth-order valence-electron chi connectivity index (χ4n) is 3.83. The van der Waals surface area contributed by atoms with Crippen LogP contribution in [-0.2, 0) is 10.3 Å². The first-order valence-electron chi connectivity index (χ1n) is 9.65. The first kappa shape index (κ1) is 18.8. The molecule has 1 atom stereocenters. The molecule has 2 aromatic heterocycles. The van der Waals surface area contributed by atoms with E-state index in [0.29, 0.717) is 0 Å². The van der Waals surface area contributed by atoms with E-state index in [0.717, 1.165) is 47.1 Å². The van der Waals surface area contributed by atoms with Gasteiger partial charge in [-0.25, -0.2) is 4.98 Å². The summed E-state index contributed by atoms with van der Waals surface area (Å²) in [5, 5.41) is 12.0. The van der Waals surface area contributed by atoms with Crippen molar-refractivity contribution in [2.24, 2.45) is 0 Å². The molecule has 2 N–H and O–H groups in total. The van der Waals surface area contributed by atoms with Crippen LogP contribution >= 0.6 is 11.3 Å². The Morgan fingerprint density at radius 3 is 2.68 bits per heavy atom. The molecule has 0 radical (unpaired) electrons. The van der Waals surface area contributed by atoms with Gasteiger partial charge in [-0.05, 0) is 45.8 Å². The smallest absolute Gasteiger partial charge is 0.248 e. The van der Waals surface area contributed by atoms with E-state index in [-0.39, 0.29) is 11.9 Å². The number of hydrogen-bond donors (Lipinski definition) is 2. The average Bonchev–Trinajstić information content (AvgIpc) is 3.39. The Hall–Kier alpha value is -2.51. The Bertz CT molecular complexity index is 929. The number of aryl methyl sites for hydroxylation is 1. The first-order chi connectivity index (χ1) is 13.6. The molecule has 1 fully saturated rings. The van der Waals surface area contributed by atoms with Gasteiger partial charge in [0, 0.05) is 18.0 Å². The van der Waals surface area contributed by atoms with Gasteiger partial charge in [-0.2, -0.15) is 5.10 Å². The van der Waals surface area contributed by atoms with Gasteiger partial charge in [0.1, 0.15) is 10.5 Å². The SMILES string of the molecule is Cc1nc(-c2ccccc2)sc1C(C)NC(=O)C1(n2cccn2)CCNCC1. The maximum absolute atomic E-state index is 13.4. The maximum atomic E-state index is 13.4. The minimum absolute atomic E-state index is 0.0271. The van der Waals surface area contributed by atoms with Gasteiger partial charge in [0.2, 0.25) is 5.91 Å². The number of nitrogens with one attached hydrogen (secondary N) is 2. The van der Waals surface area contributed by atoms with Crippen molar-refractivity contribution in [2.45, 2.75) is 38.3 Å². The Balaban J connectivity index is 1.57. The van der Waals surface area contributed by atoms with Crippen molar-refractivity contribution < 1.29 is 4.79 Å². The van der Waals surface area contributed by atoms with E-state index in [4.69, 9.17) is 4.98 Å². The van der Waals surface area contributed by atoms with Crippen LogP contribution in [-0.4, -0.2) is 33.8 Å². The third kappa shape index (κ3) is 3.47. The number of thiazole rings is 1. The second-order valence-corrected chi connectivity index (χ2v) is 8.29. The molecule has 0 saturated carbocycles. The molecule has 1 aliphatic heterocycles. The second kappa shape index (κ2) is 7.85. The topological polar surface area (TPSA) is 71.8 Å². The predicted octanol–water partition coefficient (Wildman–Crippen LogP) is 3.27. The van der Waals surface area contributed by atoms with E-state index in [1.165, 1.54) is 0 Å². The number of benzene rings is 1. The summed E-state index contributed by atoms with van der Waals surface area (Å²) < 4.78 is 1.82. The normalized spacial score (nSPS) is 17.2. The minimum Gasteiger partial charge on any atom is -0.347 e. The summed E-state index contributed by atoms with van der Waals surface area (Å²) >= 11 is 1.65. The number of nitrogens with zero attached hydrogens (tertiary/aromatic N) is 3. The van der Waals surface area contributed by atoms with Crippen LogP contribution in [0.15, 0.2) is 48.8 Å². The Morgan fingerprint density at radius 1 is 1.25 bits per heavy atom. The van der Waals surface area contributed by atoms with Crippen LogP contribution in [0, 0.1) is 6.92 Å². The molecule has 1 unspecified atom stereocenters. The molecule has 0 bridgehead atoms. The van der Waals surface area contributed by atoms with Crippen molar-refractivity contribution >= 4 is 17.2 Å². The van der Waals surface area contributed by atoms with E-state index in [9.17, 15) is 4.79 Å². The number of rotatable bonds is 5. The van der Waals surface area contributed by atoms with Crippen molar-refractivity contribution in [3.8, 4) is 10.6 Å². The molecule has 6 nitrogen and oxygen atoms in total. The average molecular weight is 396 g/mol. The zero-order valence-electron chi connectivity index (χ0n) is 16.2. The molecule has 1 aliphatic rings. The predicted molar refractivity (Wildman–Crippen MR) is 111 cm³/mol. The Kier molecular flexibility index (Phi) is 5.28. The highest BCUT2D eigenvalue weighted by atomic mass is 32.1. The zero-order valence-corrected chi connectivity index (χ0v) is 17.0. The van der Waals surface area contributed by atoms with E-state index in [1.54, 1.807) is 17.5 Å². The van der Waals surface area contributed by atoms with Crippen LogP contribution in [0.3, 0.4) is 0 Å². The summed E-state index contributed by atoms with van der Waals surface area (Å²) in [6.45, 7) is 5.65. The molecule has 28 heavy (non-hydrogen) atoms. The van der Waals surface area contributed by atoms with E-state index < -0.39 is 5.54 Å². The molecule has 146 valence electrons. The van der Waals surface area contributed by atoms with E-state index in [2.05, 4.69) is 27.9 Å². The number of amides is 1. The third-order valence-electron chi connectivity index (χ3n) is 5.39. The number of carbonyl (C=O) groups excluding carboxylic acids is 1. The summed E-state index contributed by atoms with van der Waals surface area (Å²) in [5.41, 5.74) is 1.44. The maximum Gasteiger partial charge on any atom is 0.248 e. The summed E-state index contributed by atoms with van der Waals surface area (Å²) in [7, 11) is 0. The summed E-state index contributed by atoms with van der Waals surface area (Å²) in [6.07, 6.45) is 5.08. The van der Waals surface area contributed by atoms with Gasteiger partial charge in [-0.15, -0.1) is 11.3 Å². The molecule has 1 amide bonds. The fourth-order valence-corrected chi connectivity index (χ4v) is 4.91. The van der Waals surface area contributed by atoms with Gasteiger partial charge in [0.15, 0.2) is 0 Å². The molecule has 7 heteroatoms. The largest absolute Gasteiger partial charge is 0.347 e. The van der Waals surface area contributed by atoms with Crippen molar-refractivity contribution in [3.05, 3.63) is 59.4 Å². The summed E-state index contributed by atoms with van der Waals surface area (Å²) in [5.74, 6) is 0.0271. The molecule has 1 aromatic carbocycles. The van der Waals surface area contributed by atoms with E-state index >= 15 is 0 Å². The standard InChI is InChI=1S/C21H25N5OS/c1-15-18(28-19(24-15)17-7-4-3-5-8-17)16(2)25-20(27)21(9-12-22-13-10-21)26-14-6-11-23-26/h3-8,11,14,16,22H,9-10,12-13H2,1-2H3,(H,25,27). The van der Waals surface area contributed by atoms with Crippen molar-refractivity contribution in [1.82, 2.24) is 25.4 Å². The minimum atomic E-state index is -0.635. The van der Waals surface area contributed by atoms with Gasteiger partial charge in [-0.3, -0.25) is 9.48 Å². The lowest BCUT2D eigenvalue weighted by Crippen LogP contribution is -2.54. The fraction of sp³-hybridized carbons (Fsp3) is 0.381. The number of aromatic nitrogens is 3. The molecule has 3 aromatic rings. The molecule has 1 saturated heterocycles. The van der Waals surface area contributed by atoms with Crippen molar-refractivity contribution in [1.29, 1.82) is 0 Å². The summed E-state index contributed by atoms with van der Waals surface area (Å²) in [4.78, 5) is 19.2. The third-order valence-corrected chi connectivity index (χ3v) is 6.78. The lowest BCUT2D eigenvalue weighted by atomic mass is 9.87. The van der Waals surface area contributed by atoms with Gasteiger partial charge >= 0.3 is 0 Å². The zero-order chi connectivity index (χ0) is 19.6. The van der Waals surface area contributed by atoms with Gasteiger partial charge < -0.3 is 10.6 Å². The first-order valence-corrected chi connectivity index (χ1v) is 10.5. The highest BCUT2D eigenvalue weighted by Gasteiger charge is 2.42. The number of piperidine rings is 1. The second-order valence-electron chi connectivity index (χ2n) is 7.26. The lowest BCUT2D eigenvalue weighted by molar-refractivity contribution is -0.132. The van der Waals surface area contributed by atoms with Crippen LogP contribution < -0.4 is 10.6 Å². The molecular weight excluding hydrogens is 370 g/mol. The summed E-state index contributed by atoms with van der Waals surface area (Å²) in [6, 6.07) is 11.9. The molecule has 0 aliphatic carbocycles. The lowest BCUT2D eigenvalue weighted by Gasteiger charge is -2.37. The van der Waals surface area contributed by atoms with Crippen LogP contribution in [0.1, 0.15) is 36.4 Å². The molecular formula is C21H25N5OS. The van der Waals surface area contributed by atoms with Crippen LogP contribution in [0.5, 0.6) is 0 Å². The van der Waals surface area contributed by atoms with Crippen LogP contribution in [0.4, 0.5) is 0 Å². The number of hydrogen-bond acceptors (Lipinski definition) is 5. The van der Waals surface area contributed by atoms with Crippen molar-refractivity contribution in [2.75, 3.05) is 13.1 Å². The van der Waals surface area contributed by atoms with Crippen molar-refractivity contribution in [3.63, 3.8) is 0 Å². The van der Waals surface area contributed by atoms with Gasteiger partial charge in [0.25, 0.3) is 0 Å². The molecule has 4 rings (SSSR count). The van der Waals surface area contributed by atoms with E-state index in [1.807, 2.05) is 49.0 Å². The highest BCUT2D eigenvalue weighted by molar-refractivity contribution is 7.15. The van der Waals surface area contributed by atoms with Gasteiger partial charge in [0.05, 0.1) is 16.6 Å². The Labute approximate surface area is 169 Å². The van der Waals surface area contributed by atoms with Crippen LogP contribution in [0.2, 0.25) is 0 Å². The van der Waals surface area contributed by atoms with Crippen LogP contribution in [0.25, 0.3) is 10.6 Å². The monoisotopic (exact) mass is 395 g/mol. The van der Waals surface area contributed by atoms with Gasteiger partial charge in [-0.1, -0.05) is 30.3 Å². The quantitative estimate of drug-likeness (QED) is 0.696. The molecule has 3 heterocycles.